The summed E-state index contributed by atoms with van der Waals surface area (Å²) >= 11 is 0. The van der Waals surface area contributed by atoms with Crippen LogP contribution >= 0.6 is 0 Å². The maximum atomic E-state index is 12.9. The van der Waals surface area contributed by atoms with E-state index in [0.29, 0.717) is 6.42 Å². The van der Waals surface area contributed by atoms with Crippen molar-refractivity contribution in [3.05, 3.63) is 88.0 Å². The van der Waals surface area contributed by atoms with E-state index >= 15 is 0 Å². The molecule has 0 aliphatic rings. The van der Waals surface area contributed by atoms with Gasteiger partial charge in [0.05, 0.1) is 16.2 Å². The summed E-state index contributed by atoms with van der Waals surface area (Å²) in [5.74, 6) is -1.57. The minimum atomic E-state index is -4.54. The SMILES string of the molecule is CCCCCC(=O)NS(=O)(=O)c1ccccc1NC(=O)c1ccc(Nc2ccc(C(F)(F)F)cc2)c([N+](=O)[O-])c1. The zero-order chi connectivity index (χ0) is 29.5. The Labute approximate surface area is 227 Å². The number of anilines is 3. The molecule has 0 unspecified atom stereocenters. The van der Waals surface area contributed by atoms with Gasteiger partial charge in [-0.2, -0.15) is 13.2 Å². The number of hydrogen-bond acceptors (Lipinski definition) is 7. The summed E-state index contributed by atoms with van der Waals surface area (Å²) in [4.78, 5) is 35.5. The summed E-state index contributed by atoms with van der Waals surface area (Å²) in [6.07, 6.45) is -2.42. The molecule has 0 atom stereocenters. The Morgan fingerprint density at radius 3 is 2.25 bits per heavy atom. The molecule has 0 saturated carbocycles. The molecular formula is C26H25F3N4O6S. The van der Waals surface area contributed by atoms with Crippen molar-refractivity contribution in [2.75, 3.05) is 10.6 Å². The minimum Gasteiger partial charge on any atom is -0.350 e. The van der Waals surface area contributed by atoms with Gasteiger partial charge in [0, 0.05) is 23.7 Å². The number of nitro benzene ring substituents is 1. The smallest absolute Gasteiger partial charge is 0.350 e. The predicted octanol–water partition coefficient (Wildman–Crippen LogP) is 5.99. The fourth-order valence-corrected chi connectivity index (χ4v) is 4.80. The van der Waals surface area contributed by atoms with Crippen LogP contribution in [0.4, 0.5) is 35.9 Å². The van der Waals surface area contributed by atoms with Gasteiger partial charge in [0.15, 0.2) is 0 Å². The highest BCUT2D eigenvalue weighted by molar-refractivity contribution is 7.90. The Morgan fingerprint density at radius 1 is 0.950 bits per heavy atom. The number of nitrogens with zero attached hydrogens (tertiary/aromatic N) is 1. The number of carbonyl (C=O) groups is 2. The van der Waals surface area contributed by atoms with E-state index in [1.54, 1.807) is 0 Å². The molecule has 212 valence electrons. The number of carbonyl (C=O) groups excluding carboxylic acids is 2. The van der Waals surface area contributed by atoms with E-state index in [1.807, 2.05) is 11.6 Å². The fraction of sp³-hybridized carbons (Fsp3) is 0.231. The number of para-hydroxylation sites is 1. The van der Waals surface area contributed by atoms with Crippen LogP contribution in [0.15, 0.2) is 71.6 Å². The molecule has 2 amide bonds. The van der Waals surface area contributed by atoms with E-state index in [-0.39, 0.29) is 33.9 Å². The van der Waals surface area contributed by atoms with Crippen LogP contribution in [0.1, 0.15) is 48.5 Å². The van der Waals surface area contributed by atoms with Gasteiger partial charge < -0.3 is 10.6 Å². The van der Waals surface area contributed by atoms with Crippen molar-refractivity contribution in [1.82, 2.24) is 4.72 Å². The van der Waals surface area contributed by atoms with Gasteiger partial charge in [0.2, 0.25) is 5.91 Å². The molecule has 0 saturated heterocycles. The number of unbranched alkanes of at least 4 members (excludes halogenated alkanes) is 2. The van der Waals surface area contributed by atoms with E-state index in [0.717, 1.165) is 43.2 Å². The van der Waals surface area contributed by atoms with Crippen LogP contribution in [0.25, 0.3) is 0 Å². The van der Waals surface area contributed by atoms with Crippen molar-refractivity contribution in [2.45, 2.75) is 43.7 Å². The summed E-state index contributed by atoms with van der Waals surface area (Å²) in [6.45, 7) is 1.94. The first-order valence-corrected chi connectivity index (χ1v) is 13.5. The van der Waals surface area contributed by atoms with Gasteiger partial charge >= 0.3 is 6.18 Å². The lowest BCUT2D eigenvalue weighted by Gasteiger charge is -2.13. The topological polar surface area (TPSA) is 148 Å². The third-order valence-corrected chi connectivity index (χ3v) is 7.06. The largest absolute Gasteiger partial charge is 0.416 e. The number of benzene rings is 3. The average Bonchev–Trinajstić information content (AvgIpc) is 2.88. The molecular weight excluding hydrogens is 553 g/mol. The van der Waals surface area contributed by atoms with Gasteiger partial charge in [-0.05, 0) is 55.0 Å². The molecule has 0 aromatic heterocycles. The standard InChI is InChI=1S/C26H25F3N4O6S/c1-2-3-4-9-24(34)32-40(38,39)23-8-6-5-7-21(23)31-25(35)17-10-15-20(22(16-17)33(36)37)30-19-13-11-18(12-14-19)26(27,28)29/h5-8,10-16,30H,2-4,9H2,1H3,(H,31,35)(H,32,34). The second-order valence-corrected chi connectivity index (χ2v) is 10.3. The van der Waals surface area contributed by atoms with Gasteiger partial charge in [-0.3, -0.25) is 19.7 Å². The monoisotopic (exact) mass is 578 g/mol. The molecule has 0 heterocycles. The van der Waals surface area contributed by atoms with E-state index in [2.05, 4.69) is 10.6 Å². The van der Waals surface area contributed by atoms with Crippen molar-refractivity contribution in [3.63, 3.8) is 0 Å². The summed E-state index contributed by atoms with van der Waals surface area (Å²) in [5, 5.41) is 16.7. The Morgan fingerprint density at radius 2 is 1.62 bits per heavy atom. The van der Waals surface area contributed by atoms with Crippen LogP contribution in [0, 0.1) is 10.1 Å². The Hall–Kier alpha value is -4.46. The van der Waals surface area contributed by atoms with Gasteiger partial charge in [-0.25, -0.2) is 13.1 Å². The molecule has 0 bridgehead atoms. The van der Waals surface area contributed by atoms with E-state index in [9.17, 15) is 41.3 Å². The normalized spacial score (nSPS) is 11.5. The molecule has 3 aromatic rings. The van der Waals surface area contributed by atoms with Gasteiger partial charge in [0.25, 0.3) is 21.6 Å². The number of nitro groups is 1. The summed E-state index contributed by atoms with van der Waals surface area (Å²) in [7, 11) is -4.33. The average molecular weight is 579 g/mol. The predicted molar refractivity (Wildman–Crippen MR) is 142 cm³/mol. The lowest BCUT2D eigenvalue weighted by Crippen LogP contribution is -2.31. The number of alkyl halides is 3. The summed E-state index contributed by atoms with van der Waals surface area (Å²) < 4.78 is 66.0. The molecule has 10 nitrogen and oxygen atoms in total. The van der Waals surface area contributed by atoms with Crippen LogP contribution in [-0.4, -0.2) is 25.2 Å². The van der Waals surface area contributed by atoms with Crippen molar-refractivity contribution < 1.29 is 36.1 Å². The number of amides is 2. The minimum absolute atomic E-state index is 0.0120. The van der Waals surface area contributed by atoms with Crippen molar-refractivity contribution >= 4 is 44.6 Å². The number of sulfonamides is 1. The molecule has 0 radical (unpaired) electrons. The highest BCUT2D eigenvalue weighted by Crippen LogP contribution is 2.33. The first-order valence-electron chi connectivity index (χ1n) is 12.0. The Balaban J connectivity index is 1.81. The van der Waals surface area contributed by atoms with Crippen LogP contribution in [0.5, 0.6) is 0 Å². The quantitative estimate of drug-likeness (QED) is 0.144. The molecule has 3 aromatic carbocycles. The van der Waals surface area contributed by atoms with E-state index in [1.165, 1.54) is 36.4 Å². The van der Waals surface area contributed by atoms with E-state index < -0.39 is 44.2 Å². The van der Waals surface area contributed by atoms with Crippen molar-refractivity contribution in [2.24, 2.45) is 0 Å². The van der Waals surface area contributed by atoms with Crippen LogP contribution < -0.4 is 15.4 Å². The van der Waals surface area contributed by atoms with Crippen LogP contribution in [0.3, 0.4) is 0 Å². The molecule has 0 aliphatic carbocycles. The van der Waals surface area contributed by atoms with Crippen molar-refractivity contribution in [3.8, 4) is 0 Å². The lowest BCUT2D eigenvalue weighted by molar-refractivity contribution is -0.383. The van der Waals surface area contributed by atoms with E-state index in [4.69, 9.17) is 0 Å². The third kappa shape index (κ3) is 7.79. The van der Waals surface area contributed by atoms with Crippen LogP contribution in [0.2, 0.25) is 0 Å². The maximum Gasteiger partial charge on any atom is 0.416 e. The first-order chi connectivity index (χ1) is 18.8. The Kier molecular flexibility index (Phi) is 9.47. The molecule has 40 heavy (non-hydrogen) atoms. The molecule has 0 aliphatic heterocycles. The van der Waals surface area contributed by atoms with Gasteiger partial charge in [-0.1, -0.05) is 31.9 Å². The zero-order valence-corrected chi connectivity index (χ0v) is 21.9. The number of nitrogens with one attached hydrogen (secondary N) is 3. The van der Waals surface area contributed by atoms with Crippen molar-refractivity contribution in [1.29, 1.82) is 0 Å². The maximum absolute atomic E-state index is 12.9. The number of halogens is 3. The van der Waals surface area contributed by atoms with Crippen LogP contribution in [-0.2, 0) is 21.0 Å². The number of hydrogen-bond donors (Lipinski definition) is 3. The second-order valence-electron chi connectivity index (χ2n) is 8.63. The molecule has 3 N–H and O–H groups in total. The second kappa shape index (κ2) is 12.6. The first kappa shape index (κ1) is 30.1. The fourth-order valence-electron chi connectivity index (χ4n) is 3.62. The summed E-state index contributed by atoms with van der Waals surface area (Å²) in [5.41, 5.74) is -1.73. The van der Waals surface area contributed by atoms with Gasteiger partial charge in [-0.15, -0.1) is 0 Å². The molecule has 14 heteroatoms. The molecule has 0 fully saturated rings. The lowest BCUT2D eigenvalue weighted by atomic mass is 10.1. The van der Waals surface area contributed by atoms with Gasteiger partial charge in [0.1, 0.15) is 10.6 Å². The molecule has 0 spiro atoms. The highest BCUT2D eigenvalue weighted by atomic mass is 32.2. The highest BCUT2D eigenvalue weighted by Gasteiger charge is 2.30. The Bertz CT molecular complexity index is 1510. The zero-order valence-electron chi connectivity index (χ0n) is 21.1. The summed E-state index contributed by atoms with van der Waals surface area (Å²) in [6, 6.07) is 12.5. The third-order valence-electron chi connectivity index (χ3n) is 5.63. The molecule has 3 rings (SSSR count). The number of rotatable bonds is 11.